The zero-order valence-electron chi connectivity index (χ0n) is 21.7. The van der Waals surface area contributed by atoms with Crippen molar-refractivity contribution in [1.29, 1.82) is 0 Å². The van der Waals surface area contributed by atoms with Crippen molar-refractivity contribution in [3.63, 3.8) is 0 Å². The first-order valence-corrected chi connectivity index (χ1v) is 13.0. The molecule has 4 rings (SSSR count). The molecule has 1 amide bonds. The van der Waals surface area contributed by atoms with Gasteiger partial charge in [0.25, 0.3) is 5.91 Å². The van der Waals surface area contributed by atoms with Gasteiger partial charge in [0, 0.05) is 11.3 Å². The van der Waals surface area contributed by atoms with Crippen LogP contribution in [-0.2, 0) is 10.2 Å². The number of aromatic carboxylic acids is 1. The van der Waals surface area contributed by atoms with Gasteiger partial charge in [0.1, 0.15) is 0 Å². The Morgan fingerprint density at radius 1 is 0.974 bits per heavy atom. The average molecular weight is 528 g/mol. The Hall–Kier alpha value is -4.24. The lowest BCUT2D eigenvalue weighted by molar-refractivity contribution is -0.118. The Bertz CT molecular complexity index is 1450. The molecule has 38 heavy (non-hydrogen) atoms. The number of hydrogen-bond acceptors (Lipinski definition) is 6. The van der Waals surface area contributed by atoms with Crippen LogP contribution in [0, 0.1) is 6.92 Å². The highest BCUT2D eigenvalue weighted by atomic mass is 32.2. The third kappa shape index (κ3) is 6.54. The second kappa shape index (κ2) is 11.4. The van der Waals surface area contributed by atoms with Gasteiger partial charge in [-0.25, -0.2) is 10.2 Å². The molecule has 0 aliphatic carbocycles. The van der Waals surface area contributed by atoms with E-state index in [9.17, 15) is 9.59 Å². The standard InChI is InChI=1S/C29H29N5O3S/c1-19-5-15-24(16-6-19)34-26(21-11-13-23(14-12-21)29(2,3)4)32-33-28(34)38-18-25(35)31-30-17-20-7-9-22(10-8-20)27(36)37/h5-17H,18H2,1-4H3,(H,31,35)(H,36,37). The van der Waals surface area contributed by atoms with Crippen molar-refractivity contribution >= 4 is 29.9 Å². The minimum absolute atomic E-state index is 0.0436. The summed E-state index contributed by atoms with van der Waals surface area (Å²) in [6.07, 6.45) is 1.46. The summed E-state index contributed by atoms with van der Waals surface area (Å²) in [7, 11) is 0. The van der Waals surface area contributed by atoms with Crippen molar-refractivity contribution in [3.05, 3.63) is 95.1 Å². The molecule has 0 fully saturated rings. The third-order valence-corrected chi connectivity index (χ3v) is 6.76. The molecule has 1 aromatic heterocycles. The summed E-state index contributed by atoms with van der Waals surface area (Å²) in [5.74, 6) is -0.521. The number of benzene rings is 3. The van der Waals surface area contributed by atoms with Crippen molar-refractivity contribution < 1.29 is 14.7 Å². The maximum Gasteiger partial charge on any atom is 0.335 e. The second-order valence-corrected chi connectivity index (χ2v) is 10.8. The van der Waals surface area contributed by atoms with Crippen molar-refractivity contribution in [2.24, 2.45) is 5.10 Å². The summed E-state index contributed by atoms with van der Waals surface area (Å²) in [6.45, 7) is 8.56. The van der Waals surface area contributed by atoms with Crippen LogP contribution in [0.2, 0.25) is 0 Å². The first-order valence-electron chi connectivity index (χ1n) is 12.0. The Morgan fingerprint density at radius 2 is 1.63 bits per heavy atom. The number of carbonyl (C=O) groups is 2. The van der Waals surface area contributed by atoms with Crippen LogP contribution in [0.3, 0.4) is 0 Å². The molecule has 4 aromatic rings. The zero-order chi connectivity index (χ0) is 27.3. The lowest BCUT2D eigenvalue weighted by atomic mass is 9.87. The van der Waals surface area contributed by atoms with Crippen LogP contribution in [0.4, 0.5) is 0 Å². The van der Waals surface area contributed by atoms with Gasteiger partial charge in [-0.1, -0.05) is 86.6 Å². The van der Waals surface area contributed by atoms with Gasteiger partial charge in [0.05, 0.1) is 17.5 Å². The van der Waals surface area contributed by atoms with Gasteiger partial charge in [0.2, 0.25) is 0 Å². The first kappa shape index (κ1) is 26.8. The summed E-state index contributed by atoms with van der Waals surface area (Å²) < 4.78 is 1.96. The Morgan fingerprint density at radius 3 is 2.24 bits per heavy atom. The molecule has 194 valence electrons. The first-order chi connectivity index (χ1) is 18.1. The van der Waals surface area contributed by atoms with Crippen molar-refractivity contribution in [2.45, 2.75) is 38.3 Å². The molecule has 1 heterocycles. The molecular weight excluding hydrogens is 498 g/mol. The number of amides is 1. The molecule has 3 aromatic carbocycles. The Balaban J connectivity index is 1.50. The summed E-state index contributed by atoms with van der Waals surface area (Å²) in [5.41, 5.74) is 7.60. The van der Waals surface area contributed by atoms with Gasteiger partial charge in [-0.15, -0.1) is 10.2 Å². The smallest absolute Gasteiger partial charge is 0.335 e. The number of aryl methyl sites for hydroxylation is 1. The molecular formula is C29H29N5O3S. The van der Waals surface area contributed by atoms with Gasteiger partial charge >= 0.3 is 5.97 Å². The highest BCUT2D eigenvalue weighted by Gasteiger charge is 2.19. The minimum atomic E-state index is -0.998. The van der Waals surface area contributed by atoms with E-state index in [0.29, 0.717) is 16.5 Å². The van der Waals surface area contributed by atoms with Crippen LogP contribution in [0.15, 0.2) is 83.1 Å². The van der Waals surface area contributed by atoms with Gasteiger partial charge in [0.15, 0.2) is 11.0 Å². The van der Waals surface area contributed by atoms with Crippen LogP contribution in [0.5, 0.6) is 0 Å². The molecule has 2 N–H and O–H groups in total. The predicted molar refractivity (Wildman–Crippen MR) is 150 cm³/mol. The zero-order valence-corrected chi connectivity index (χ0v) is 22.5. The number of thioether (sulfide) groups is 1. The monoisotopic (exact) mass is 527 g/mol. The number of hydrogen-bond donors (Lipinski definition) is 2. The second-order valence-electron chi connectivity index (χ2n) is 9.81. The molecule has 0 aliphatic heterocycles. The van der Waals surface area contributed by atoms with E-state index in [-0.39, 0.29) is 22.6 Å². The van der Waals surface area contributed by atoms with Gasteiger partial charge in [-0.2, -0.15) is 5.10 Å². The molecule has 0 spiro atoms. The number of aromatic nitrogens is 3. The Kier molecular flexibility index (Phi) is 8.07. The molecule has 0 aliphatic rings. The summed E-state index contributed by atoms with van der Waals surface area (Å²) in [4.78, 5) is 23.4. The van der Waals surface area contributed by atoms with Crippen LogP contribution in [0.1, 0.15) is 47.8 Å². The highest BCUT2D eigenvalue weighted by molar-refractivity contribution is 7.99. The molecule has 0 atom stereocenters. The number of carboxylic acid groups (broad SMARTS) is 1. The molecule has 0 unspecified atom stereocenters. The molecule has 0 bridgehead atoms. The van der Waals surface area contributed by atoms with Crippen LogP contribution < -0.4 is 5.43 Å². The molecule has 9 heteroatoms. The highest BCUT2D eigenvalue weighted by Crippen LogP contribution is 2.30. The molecule has 8 nitrogen and oxygen atoms in total. The summed E-state index contributed by atoms with van der Waals surface area (Å²) in [5, 5.41) is 22.4. The molecule has 0 radical (unpaired) electrons. The number of carbonyl (C=O) groups excluding carboxylic acids is 1. The van der Waals surface area contributed by atoms with E-state index in [1.54, 1.807) is 12.1 Å². The summed E-state index contributed by atoms with van der Waals surface area (Å²) in [6, 6.07) is 22.6. The normalized spacial score (nSPS) is 11.6. The topological polar surface area (TPSA) is 109 Å². The van der Waals surface area contributed by atoms with Crippen molar-refractivity contribution in [2.75, 3.05) is 5.75 Å². The quantitative estimate of drug-likeness (QED) is 0.178. The van der Waals surface area contributed by atoms with Crippen molar-refractivity contribution in [1.82, 2.24) is 20.2 Å². The van der Waals surface area contributed by atoms with E-state index in [2.05, 4.69) is 53.6 Å². The van der Waals surface area contributed by atoms with Crippen molar-refractivity contribution in [3.8, 4) is 17.1 Å². The van der Waals surface area contributed by atoms with Crippen LogP contribution in [0.25, 0.3) is 17.1 Å². The molecule has 0 saturated heterocycles. The maximum absolute atomic E-state index is 12.5. The number of hydrazone groups is 1. The van der Waals surface area contributed by atoms with Gasteiger partial charge < -0.3 is 5.11 Å². The van der Waals surface area contributed by atoms with Gasteiger partial charge in [-0.3, -0.25) is 9.36 Å². The lowest BCUT2D eigenvalue weighted by Crippen LogP contribution is -2.20. The van der Waals surface area contributed by atoms with Gasteiger partial charge in [-0.05, 0) is 47.7 Å². The number of rotatable bonds is 8. The number of nitrogens with zero attached hydrogens (tertiary/aromatic N) is 4. The fourth-order valence-electron chi connectivity index (χ4n) is 3.65. The average Bonchev–Trinajstić information content (AvgIpc) is 3.32. The third-order valence-electron chi connectivity index (χ3n) is 5.83. The summed E-state index contributed by atoms with van der Waals surface area (Å²) >= 11 is 1.27. The van der Waals surface area contributed by atoms with Crippen LogP contribution in [-0.4, -0.2) is 43.7 Å². The van der Waals surface area contributed by atoms with E-state index in [1.807, 2.05) is 47.9 Å². The molecule has 0 saturated carbocycles. The number of nitrogens with one attached hydrogen (secondary N) is 1. The van der Waals surface area contributed by atoms with Crippen LogP contribution >= 0.6 is 11.8 Å². The van der Waals surface area contributed by atoms with E-state index in [0.717, 1.165) is 16.8 Å². The predicted octanol–water partition coefficient (Wildman–Crippen LogP) is 5.48. The largest absolute Gasteiger partial charge is 0.478 e. The van der Waals surface area contributed by atoms with E-state index in [4.69, 9.17) is 5.11 Å². The minimum Gasteiger partial charge on any atom is -0.478 e. The van der Waals surface area contributed by atoms with E-state index < -0.39 is 5.97 Å². The fraction of sp³-hybridized carbons (Fsp3) is 0.207. The maximum atomic E-state index is 12.5. The number of carboxylic acids is 1. The van der Waals surface area contributed by atoms with E-state index >= 15 is 0 Å². The SMILES string of the molecule is Cc1ccc(-n2c(SCC(=O)NN=Cc3ccc(C(=O)O)cc3)nnc2-c2ccc(C(C)(C)C)cc2)cc1. The van der Waals surface area contributed by atoms with E-state index in [1.165, 1.54) is 35.7 Å². The Labute approximate surface area is 225 Å². The lowest BCUT2D eigenvalue weighted by Gasteiger charge is -2.19. The fourth-order valence-corrected chi connectivity index (χ4v) is 4.39.